The predicted molar refractivity (Wildman–Crippen MR) is 415 cm³/mol. The molecule has 107 heavy (non-hydrogen) atoms. The second-order valence-electron chi connectivity index (χ2n) is 34.7. The minimum absolute atomic E-state index is 0.00267. The molecule has 4 aliphatic rings. The molecular formula is C74H113Cl3F3N7O17Si3. The van der Waals surface area contributed by atoms with Gasteiger partial charge in [-0.25, -0.2) is 37.2 Å². The van der Waals surface area contributed by atoms with Crippen LogP contribution >= 0.6 is 34.8 Å². The lowest BCUT2D eigenvalue weighted by atomic mass is 10.1. The molecule has 3 aromatic rings. The van der Waals surface area contributed by atoms with Gasteiger partial charge in [-0.2, -0.15) is 0 Å². The number of nitrogens with one attached hydrogen (secondary N) is 1. The molecule has 7 rings (SSSR count). The first-order chi connectivity index (χ1) is 48.3. The largest absolute Gasteiger partial charge is 0.480 e. The second kappa shape index (κ2) is 35.3. The molecule has 4 aliphatic heterocycles. The van der Waals surface area contributed by atoms with Crippen molar-refractivity contribution < 1.29 is 94.0 Å². The Morgan fingerprint density at radius 1 is 0.477 bits per heavy atom. The molecule has 0 aromatic heterocycles. The minimum Gasteiger partial charge on any atom is -0.480 e. The summed E-state index contributed by atoms with van der Waals surface area (Å²) in [6, 6.07) is 8.28. The average molecular weight is 1620 g/mol. The smallest absolute Gasteiger partial charge is 0.417 e. The highest BCUT2D eigenvalue weighted by Gasteiger charge is 2.54. The van der Waals surface area contributed by atoms with Crippen LogP contribution in [0.15, 0.2) is 54.6 Å². The molecule has 4 saturated heterocycles. The summed E-state index contributed by atoms with van der Waals surface area (Å²) in [5.74, 6) is -5.16. The molecular weight excluding hydrogens is 1510 g/mol. The van der Waals surface area contributed by atoms with Gasteiger partial charge in [0.05, 0.1) is 27.3 Å². The Kier molecular flexibility index (Phi) is 30.7. The number of aliphatic hydroxyl groups excluding tert-OH is 1. The Labute approximate surface area is 647 Å². The zero-order valence-corrected chi connectivity index (χ0v) is 72.3. The Bertz CT molecular complexity index is 3740. The number of amides is 8. The Morgan fingerprint density at radius 3 is 1.11 bits per heavy atom. The lowest BCUT2D eigenvalue weighted by Gasteiger charge is -2.38. The zero-order chi connectivity index (χ0) is 82.5. The zero-order valence-electron chi connectivity index (χ0n) is 67.0. The van der Waals surface area contributed by atoms with E-state index in [0.717, 1.165) is 17.0 Å². The van der Waals surface area contributed by atoms with Crippen molar-refractivity contribution in [3.63, 3.8) is 0 Å². The van der Waals surface area contributed by atoms with Crippen molar-refractivity contribution in [3.8, 4) is 0 Å². The van der Waals surface area contributed by atoms with Crippen LogP contribution in [0.3, 0.4) is 0 Å². The van der Waals surface area contributed by atoms with Gasteiger partial charge in [-0.3, -0.25) is 33.8 Å². The molecule has 600 valence electrons. The molecule has 33 heteroatoms. The first kappa shape index (κ1) is 93.0. The van der Waals surface area contributed by atoms with Gasteiger partial charge in [-0.15, -0.1) is 0 Å². The van der Waals surface area contributed by atoms with Crippen LogP contribution in [0.5, 0.6) is 0 Å². The van der Waals surface area contributed by atoms with Gasteiger partial charge in [-0.05, 0) is 171 Å². The van der Waals surface area contributed by atoms with E-state index in [9.17, 15) is 66.5 Å². The highest BCUT2D eigenvalue weighted by atomic mass is 35.5. The lowest BCUT2D eigenvalue weighted by molar-refractivity contribution is -0.142. The van der Waals surface area contributed by atoms with Gasteiger partial charge in [-0.1, -0.05) is 97.1 Å². The number of carboxylic acids is 1. The van der Waals surface area contributed by atoms with E-state index >= 15 is 0 Å². The molecule has 0 saturated carbocycles. The van der Waals surface area contributed by atoms with Crippen molar-refractivity contribution in [2.45, 2.75) is 270 Å². The molecule has 0 aliphatic carbocycles. The first-order valence-corrected chi connectivity index (χ1v) is 45.2. The number of carbonyl (C=O) groups is 9. The molecule has 3 aromatic carbocycles. The summed E-state index contributed by atoms with van der Waals surface area (Å²) in [5.41, 5.74) is -1.03. The Hall–Kier alpha value is -6.36. The number of imide groups is 1. The van der Waals surface area contributed by atoms with Crippen LogP contribution in [0.25, 0.3) is 0 Å². The van der Waals surface area contributed by atoms with Crippen LogP contribution in [-0.2, 0) is 56.3 Å². The van der Waals surface area contributed by atoms with Crippen LogP contribution < -0.4 is 20.0 Å². The fourth-order valence-corrected chi connectivity index (χ4v) is 15.0. The molecule has 0 unspecified atom stereocenters. The van der Waals surface area contributed by atoms with Gasteiger partial charge < -0.3 is 57.7 Å². The SMILES string of the molecule is CC(C)(C)OC(=O)N1C[C@@H](O[Si](C)(C)C(C)(C)C)C[C@H]1C(=O)O.CN(C(=O)[C@@H]1C[C@H](O)C(=O)N1)c1ccc(F)c(Cl)c1.CN(C(=O)[C@@H]1C[C@H](O[Si](C)(C)C(C)(C)C)C(=O)N1C(=O)OC(C)(C)C)c1ccc(F)c(Cl)c1.CN(C(=O)[C@@H]1C[C@H](O[Si](C)(C)C(C)(C)C)CN1C(=O)OC(C)(C)C)c1ccc(F)c(Cl)c1. The highest BCUT2D eigenvalue weighted by molar-refractivity contribution is 6.75. The van der Waals surface area contributed by atoms with Gasteiger partial charge in [0.25, 0.3) is 5.91 Å². The molecule has 24 nitrogen and oxygen atoms in total. The van der Waals surface area contributed by atoms with Gasteiger partial charge in [0.2, 0.25) is 23.6 Å². The van der Waals surface area contributed by atoms with Crippen molar-refractivity contribution in [1.82, 2.24) is 20.0 Å². The topological polar surface area (TPSA) is 281 Å². The molecule has 4 fully saturated rings. The Morgan fingerprint density at radius 2 is 0.794 bits per heavy atom. The van der Waals surface area contributed by atoms with Crippen molar-refractivity contribution in [1.29, 1.82) is 0 Å². The number of anilines is 3. The standard InChI is InChI=1S/C23H34ClFN2O5Si.C23H36ClFN2O4Si.C16H31NO5Si.C12H12ClFN2O3/c1-22(2,3)31-21(30)27-17(13-18(20(27)29)32-33(8,9)23(4,5)6)19(28)26(7)14-10-11-16(25)15(24)12-14;1-22(2,3)30-21(29)27-14-16(31-32(8,9)23(4,5)6)13-19(27)20(28)26(7)15-10-11-18(25)17(24)12-15;1-15(2,3)21-14(20)17-10-11(9-12(17)13(18)19)22-23(7,8)16(4,5)6;1-16(6-2-3-8(14)7(13)4-6)12(19)9-5-10(17)11(18)15-9/h10-12,17-18H,13H2,1-9H3;10-12,16,19H,13-14H2,1-9H3;11-12H,9-10H2,1-8H3,(H,18,19);2-4,9-10,17H,5H2,1H3,(H,15,18)/t17-,18-;16-,19-;11-,12-;9-,10-/m0000/s1. The summed E-state index contributed by atoms with van der Waals surface area (Å²) < 4.78 is 75.6. The number of aliphatic carboxylic acids is 1. The third-order valence-electron chi connectivity index (χ3n) is 19.5. The normalized spacial score (nSPS) is 20.9. The molecule has 4 heterocycles. The molecule has 8 atom stereocenters. The molecule has 0 bridgehead atoms. The van der Waals surface area contributed by atoms with Crippen LogP contribution in [0, 0.1) is 17.5 Å². The Balaban J connectivity index is 0.000000308. The van der Waals surface area contributed by atoms with Crippen LogP contribution in [0.1, 0.15) is 150 Å². The van der Waals surface area contributed by atoms with E-state index in [1.54, 1.807) is 69.4 Å². The molecule has 8 amide bonds. The van der Waals surface area contributed by atoms with Gasteiger partial charge in [0, 0.05) is 77.0 Å². The van der Waals surface area contributed by atoms with Gasteiger partial charge >= 0.3 is 24.2 Å². The van der Waals surface area contributed by atoms with E-state index in [4.69, 9.17) is 62.3 Å². The van der Waals surface area contributed by atoms with Crippen molar-refractivity contribution in [2.75, 3.05) is 48.9 Å². The molecule has 3 N–H and O–H groups in total. The van der Waals surface area contributed by atoms with E-state index < -0.39 is 143 Å². The van der Waals surface area contributed by atoms with Crippen molar-refractivity contribution in [2.24, 2.45) is 0 Å². The maximum Gasteiger partial charge on any atom is 0.417 e. The first-order valence-electron chi connectivity index (χ1n) is 35.3. The minimum atomic E-state index is -2.38. The van der Waals surface area contributed by atoms with Gasteiger partial charge in [0.1, 0.15) is 70.6 Å². The van der Waals surface area contributed by atoms with Crippen molar-refractivity contribution >= 4 is 131 Å². The average Bonchev–Trinajstić information content (AvgIpc) is 2.23. The lowest BCUT2D eigenvalue weighted by Crippen LogP contribution is -2.50. The van der Waals surface area contributed by atoms with Crippen molar-refractivity contribution in [3.05, 3.63) is 87.1 Å². The number of aliphatic hydroxyl groups is 1. The number of ether oxygens (including phenoxy) is 3. The monoisotopic (exact) mass is 1620 g/mol. The summed E-state index contributed by atoms with van der Waals surface area (Å²) in [4.78, 5) is 121. The summed E-state index contributed by atoms with van der Waals surface area (Å²) in [5, 5.41) is 20.7. The summed E-state index contributed by atoms with van der Waals surface area (Å²) in [7, 11) is -1.95. The maximum absolute atomic E-state index is 13.6. The fourth-order valence-electron chi connectivity index (χ4n) is 10.5. The number of hydrogen-bond donors (Lipinski definition) is 3. The highest BCUT2D eigenvalue weighted by Crippen LogP contribution is 2.43. The summed E-state index contributed by atoms with van der Waals surface area (Å²) >= 11 is 17.4. The summed E-state index contributed by atoms with van der Waals surface area (Å²) in [6.07, 6.45) is -4.00. The number of carbonyl (C=O) groups excluding carboxylic acids is 8. The quantitative estimate of drug-likeness (QED) is 0.106. The number of rotatable bonds is 13. The maximum atomic E-state index is 13.6. The van der Waals surface area contributed by atoms with Crippen LogP contribution in [0.2, 0.25) is 69.5 Å². The number of carboxylic acid groups (broad SMARTS) is 1. The van der Waals surface area contributed by atoms with E-state index in [2.05, 4.69) is 73.0 Å². The number of likely N-dealkylation sites (tertiary alicyclic amines) is 3. The summed E-state index contributed by atoms with van der Waals surface area (Å²) in [6.45, 7) is 47.7. The van der Waals surface area contributed by atoms with E-state index in [1.165, 1.54) is 81.1 Å². The van der Waals surface area contributed by atoms with Crippen LogP contribution in [0.4, 0.5) is 44.6 Å². The third kappa shape index (κ3) is 25.3. The third-order valence-corrected chi connectivity index (χ3v) is 33.9. The second-order valence-corrected chi connectivity index (χ2v) is 50.2. The van der Waals surface area contributed by atoms with E-state index in [-0.39, 0.29) is 74.2 Å². The number of hydrogen-bond acceptors (Lipinski definition) is 16. The number of nitrogens with zero attached hydrogens (tertiary/aromatic N) is 6. The van der Waals surface area contributed by atoms with E-state index in [0.29, 0.717) is 29.9 Å². The number of halogens is 6. The molecule has 0 spiro atoms. The fraction of sp³-hybridized carbons (Fsp3) is 0.635. The predicted octanol–water partition coefficient (Wildman–Crippen LogP) is 15.4. The van der Waals surface area contributed by atoms with Crippen LogP contribution in [-0.4, -0.2) is 203 Å². The number of benzene rings is 3. The van der Waals surface area contributed by atoms with Gasteiger partial charge in [0.15, 0.2) is 25.0 Å². The number of likely N-dealkylation sites (N-methyl/N-ethyl adjacent to an activating group) is 3. The van der Waals surface area contributed by atoms with E-state index in [1.807, 2.05) is 33.9 Å². The molecule has 0 radical (unpaired) electrons.